The van der Waals surface area contributed by atoms with Gasteiger partial charge in [0.05, 0.1) is 9.75 Å². The van der Waals surface area contributed by atoms with Crippen molar-refractivity contribution in [3.8, 4) is 0 Å². The number of likely N-dealkylation sites (N-methyl/N-ethyl adjacent to an activating group) is 1. The molecule has 5 heteroatoms. The Morgan fingerprint density at radius 2 is 2.50 bits per heavy atom. The molecule has 1 aliphatic rings. The molecule has 1 saturated carbocycles. The monoisotopic (exact) mass is 258 g/mol. The van der Waals surface area contributed by atoms with Crippen molar-refractivity contribution in [2.45, 2.75) is 18.8 Å². The summed E-state index contributed by atoms with van der Waals surface area (Å²) in [5.74, 6) is 0.345. The van der Waals surface area contributed by atoms with Gasteiger partial charge in [-0.3, -0.25) is 4.79 Å². The Morgan fingerprint density at radius 3 is 2.94 bits per heavy atom. The number of carbonyl (C=O) groups excluding carboxylic acids is 1. The number of nitrogens with one attached hydrogen (secondary N) is 1. The molecule has 1 aromatic heterocycles. The standard InChI is InChI=1S/C11H15ClN2OS/c1-2-14-10(15)11(5-7(11)6-13)8-3-4-9(12)16-8/h3-4,7H,2,5-6,13H2,1H3,(H,14,15)/t7-,11-/m0/s1. The molecule has 0 unspecified atom stereocenters. The summed E-state index contributed by atoms with van der Waals surface area (Å²) in [6.07, 6.45) is 0.839. The second-order valence-electron chi connectivity index (χ2n) is 4.07. The van der Waals surface area contributed by atoms with Crippen LogP contribution >= 0.6 is 22.9 Å². The van der Waals surface area contributed by atoms with Gasteiger partial charge in [0.2, 0.25) is 5.91 Å². The van der Waals surface area contributed by atoms with Gasteiger partial charge in [-0.05, 0) is 37.9 Å². The summed E-state index contributed by atoms with van der Waals surface area (Å²) >= 11 is 7.40. The number of nitrogens with two attached hydrogens (primary N) is 1. The van der Waals surface area contributed by atoms with E-state index in [-0.39, 0.29) is 11.8 Å². The maximum atomic E-state index is 12.1. The molecule has 1 aromatic rings. The van der Waals surface area contributed by atoms with E-state index in [1.165, 1.54) is 11.3 Å². The average molecular weight is 259 g/mol. The number of amides is 1. The van der Waals surface area contributed by atoms with Crippen LogP contribution in [0.1, 0.15) is 18.2 Å². The Morgan fingerprint density at radius 1 is 1.75 bits per heavy atom. The van der Waals surface area contributed by atoms with Crippen molar-refractivity contribution in [1.29, 1.82) is 0 Å². The van der Waals surface area contributed by atoms with Gasteiger partial charge in [0.1, 0.15) is 0 Å². The highest BCUT2D eigenvalue weighted by Crippen LogP contribution is 2.56. The first kappa shape index (κ1) is 11.9. The lowest BCUT2D eigenvalue weighted by Crippen LogP contribution is -2.36. The SMILES string of the molecule is CCNC(=O)[C@@]1(c2ccc(Cl)s2)C[C@H]1CN. The molecule has 1 amide bonds. The topological polar surface area (TPSA) is 55.1 Å². The molecule has 2 rings (SSSR count). The van der Waals surface area contributed by atoms with Gasteiger partial charge in [0, 0.05) is 11.4 Å². The van der Waals surface area contributed by atoms with Gasteiger partial charge in [-0.1, -0.05) is 11.6 Å². The van der Waals surface area contributed by atoms with E-state index in [2.05, 4.69) is 5.32 Å². The number of halogens is 1. The molecule has 16 heavy (non-hydrogen) atoms. The summed E-state index contributed by atoms with van der Waals surface area (Å²) in [6.45, 7) is 3.12. The zero-order chi connectivity index (χ0) is 11.8. The number of hydrogen-bond donors (Lipinski definition) is 2. The van der Waals surface area contributed by atoms with Crippen LogP contribution in [0.5, 0.6) is 0 Å². The minimum atomic E-state index is -0.400. The average Bonchev–Trinajstić information content (AvgIpc) is 2.87. The molecular weight excluding hydrogens is 244 g/mol. The Hall–Kier alpha value is -0.580. The zero-order valence-corrected chi connectivity index (χ0v) is 10.7. The number of carbonyl (C=O) groups is 1. The molecule has 1 aliphatic carbocycles. The Bertz CT molecular complexity index is 406. The van der Waals surface area contributed by atoms with Crippen LogP contribution in [-0.4, -0.2) is 19.0 Å². The molecule has 0 aromatic carbocycles. The summed E-state index contributed by atoms with van der Waals surface area (Å²) < 4.78 is 0.723. The van der Waals surface area contributed by atoms with Crippen molar-refractivity contribution in [2.24, 2.45) is 11.7 Å². The van der Waals surface area contributed by atoms with E-state index >= 15 is 0 Å². The fourth-order valence-electron chi connectivity index (χ4n) is 2.18. The van der Waals surface area contributed by atoms with E-state index in [0.717, 1.165) is 15.6 Å². The zero-order valence-electron chi connectivity index (χ0n) is 9.13. The molecule has 1 heterocycles. The summed E-state index contributed by atoms with van der Waals surface area (Å²) in [4.78, 5) is 13.1. The summed E-state index contributed by atoms with van der Waals surface area (Å²) in [5.41, 5.74) is 5.28. The molecule has 3 N–H and O–H groups in total. The van der Waals surface area contributed by atoms with Crippen LogP contribution in [0.4, 0.5) is 0 Å². The van der Waals surface area contributed by atoms with Crippen LogP contribution < -0.4 is 11.1 Å². The lowest BCUT2D eigenvalue weighted by atomic mass is 10.00. The summed E-state index contributed by atoms with van der Waals surface area (Å²) in [7, 11) is 0. The number of thiophene rings is 1. The van der Waals surface area contributed by atoms with E-state index in [1.807, 2.05) is 19.1 Å². The minimum Gasteiger partial charge on any atom is -0.356 e. The normalized spacial score (nSPS) is 27.8. The molecule has 0 aliphatic heterocycles. The molecular formula is C11H15ClN2OS. The highest BCUT2D eigenvalue weighted by molar-refractivity contribution is 7.16. The van der Waals surface area contributed by atoms with Gasteiger partial charge in [-0.15, -0.1) is 11.3 Å². The third-order valence-corrected chi connectivity index (χ3v) is 4.55. The summed E-state index contributed by atoms with van der Waals surface area (Å²) in [5, 5.41) is 2.89. The lowest BCUT2D eigenvalue weighted by molar-refractivity contribution is -0.123. The highest BCUT2D eigenvalue weighted by Gasteiger charge is 2.60. The van der Waals surface area contributed by atoms with Crippen molar-refractivity contribution in [2.75, 3.05) is 13.1 Å². The van der Waals surface area contributed by atoms with Crippen LogP contribution in [0.15, 0.2) is 12.1 Å². The van der Waals surface area contributed by atoms with Gasteiger partial charge in [0.15, 0.2) is 0 Å². The third kappa shape index (κ3) is 1.75. The van der Waals surface area contributed by atoms with Gasteiger partial charge in [-0.2, -0.15) is 0 Å². The molecule has 2 atom stereocenters. The molecule has 3 nitrogen and oxygen atoms in total. The smallest absolute Gasteiger partial charge is 0.231 e. The molecule has 0 saturated heterocycles. The van der Waals surface area contributed by atoms with Crippen LogP contribution in [-0.2, 0) is 10.2 Å². The predicted octanol–water partition coefficient (Wildman–Crippen LogP) is 1.75. The Kier molecular flexibility index (Phi) is 3.24. The summed E-state index contributed by atoms with van der Waals surface area (Å²) in [6, 6.07) is 3.78. The first-order valence-electron chi connectivity index (χ1n) is 5.39. The van der Waals surface area contributed by atoms with Crippen LogP contribution in [0, 0.1) is 5.92 Å². The van der Waals surface area contributed by atoms with Gasteiger partial charge < -0.3 is 11.1 Å². The number of rotatable bonds is 4. The molecule has 0 bridgehead atoms. The van der Waals surface area contributed by atoms with Gasteiger partial charge in [-0.25, -0.2) is 0 Å². The van der Waals surface area contributed by atoms with Crippen LogP contribution in [0.25, 0.3) is 0 Å². The largest absolute Gasteiger partial charge is 0.356 e. The quantitative estimate of drug-likeness (QED) is 0.865. The van der Waals surface area contributed by atoms with E-state index in [4.69, 9.17) is 17.3 Å². The maximum Gasteiger partial charge on any atom is 0.231 e. The highest BCUT2D eigenvalue weighted by atomic mass is 35.5. The van der Waals surface area contributed by atoms with E-state index in [1.54, 1.807) is 0 Å². The third-order valence-electron chi connectivity index (χ3n) is 3.15. The van der Waals surface area contributed by atoms with E-state index < -0.39 is 5.41 Å². The van der Waals surface area contributed by atoms with Crippen molar-refractivity contribution < 1.29 is 4.79 Å². The first-order chi connectivity index (χ1) is 7.65. The van der Waals surface area contributed by atoms with Crippen molar-refractivity contribution >= 4 is 28.8 Å². The fraction of sp³-hybridized carbons (Fsp3) is 0.545. The van der Waals surface area contributed by atoms with Gasteiger partial charge >= 0.3 is 0 Å². The van der Waals surface area contributed by atoms with Crippen molar-refractivity contribution in [3.05, 3.63) is 21.3 Å². The van der Waals surface area contributed by atoms with Crippen LogP contribution in [0.3, 0.4) is 0 Å². The molecule has 88 valence electrons. The maximum absolute atomic E-state index is 12.1. The Balaban J connectivity index is 2.28. The van der Waals surface area contributed by atoms with Crippen molar-refractivity contribution in [3.63, 3.8) is 0 Å². The molecule has 0 radical (unpaired) electrons. The fourth-order valence-corrected chi connectivity index (χ4v) is 3.50. The lowest BCUT2D eigenvalue weighted by Gasteiger charge is -2.14. The first-order valence-corrected chi connectivity index (χ1v) is 6.58. The van der Waals surface area contributed by atoms with Gasteiger partial charge in [0.25, 0.3) is 0 Å². The molecule has 1 fully saturated rings. The molecule has 0 spiro atoms. The van der Waals surface area contributed by atoms with E-state index in [0.29, 0.717) is 13.1 Å². The predicted molar refractivity (Wildman–Crippen MR) is 66.9 cm³/mol. The van der Waals surface area contributed by atoms with E-state index in [9.17, 15) is 4.79 Å². The van der Waals surface area contributed by atoms with Crippen LogP contribution in [0.2, 0.25) is 4.34 Å². The Labute approximate surface area is 104 Å². The second kappa shape index (κ2) is 4.35. The second-order valence-corrected chi connectivity index (χ2v) is 5.79. The number of hydrogen-bond acceptors (Lipinski definition) is 3. The van der Waals surface area contributed by atoms with Crippen molar-refractivity contribution in [1.82, 2.24) is 5.32 Å². The minimum absolute atomic E-state index is 0.0870.